The van der Waals surface area contributed by atoms with Crippen molar-refractivity contribution in [2.45, 2.75) is 32.7 Å². The van der Waals surface area contributed by atoms with Gasteiger partial charge in [-0.05, 0) is 20.8 Å². The van der Waals surface area contributed by atoms with Crippen LogP contribution in [0.25, 0.3) is 0 Å². The summed E-state index contributed by atoms with van der Waals surface area (Å²) in [4.78, 5) is 25.3. The topological polar surface area (TPSA) is 88.2 Å². The van der Waals surface area contributed by atoms with E-state index >= 15 is 0 Å². The van der Waals surface area contributed by atoms with Gasteiger partial charge in [0, 0.05) is 13.0 Å². The summed E-state index contributed by atoms with van der Waals surface area (Å²) >= 11 is 0. The first-order valence-electron chi connectivity index (χ1n) is 6.66. The number of anilines is 1. The van der Waals surface area contributed by atoms with Gasteiger partial charge in [0.05, 0.1) is 24.8 Å². The molecule has 7 heteroatoms. The van der Waals surface area contributed by atoms with Crippen LogP contribution in [0.4, 0.5) is 5.82 Å². The van der Waals surface area contributed by atoms with Crippen molar-refractivity contribution < 1.29 is 14.3 Å². The van der Waals surface area contributed by atoms with E-state index < -0.39 is 11.9 Å². The van der Waals surface area contributed by atoms with Gasteiger partial charge in [0.25, 0.3) is 0 Å². The number of rotatable bonds is 2. The largest absolute Gasteiger partial charge is 0.469 e. The van der Waals surface area contributed by atoms with E-state index in [0.29, 0.717) is 11.4 Å². The van der Waals surface area contributed by atoms with E-state index in [-0.39, 0.29) is 24.4 Å². The number of aromatic nitrogens is 2. The van der Waals surface area contributed by atoms with E-state index in [1.807, 2.05) is 20.8 Å². The molecule has 1 atom stereocenters. The van der Waals surface area contributed by atoms with Gasteiger partial charge in [-0.3, -0.25) is 14.5 Å². The Morgan fingerprint density at radius 2 is 2.19 bits per heavy atom. The van der Waals surface area contributed by atoms with Crippen LogP contribution in [0.1, 0.15) is 32.8 Å². The zero-order valence-electron chi connectivity index (χ0n) is 12.6. The number of nitrogens with zero attached hydrogens (tertiary/aromatic N) is 4. The fourth-order valence-electron chi connectivity index (χ4n) is 2.41. The van der Waals surface area contributed by atoms with Crippen molar-refractivity contribution in [1.82, 2.24) is 9.78 Å². The number of carbonyl (C=O) groups is 2. The van der Waals surface area contributed by atoms with Crippen LogP contribution >= 0.6 is 0 Å². The van der Waals surface area contributed by atoms with Crippen LogP contribution in [-0.2, 0) is 19.9 Å². The monoisotopic (exact) mass is 290 g/mol. The van der Waals surface area contributed by atoms with Crippen LogP contribution in [0.3, 0.4) is 0 Å². The number of nitriles is 1. The minimum atomic E-state index is -0.502. The Labute approximate surface area is 123 Å². The minimum Gasteiger partial charge on any atom is -0.469 e. The molecular weight excluding hydrogens is 272 g/mol. The third-order valence-electron chi connectivity index (χ3n) is 3.41. The molecular formula is C14H18N4O3. The van der Waals surface area contributed by atoms with Crippen LogP contribution < -0.4 is 4.90 Å². The first-order chi connectivity index (χ1) is 9.79. The molecule has 7 nitrogen and oxygen atoms in total. The van der Waals surface area contributed by atoms with Gasteiger partial charge in [0.1, 0.15) is 11.6 Å². The second kappa shape index (κ2) is 5.20. The first-order valence-corrected chi connectivity index (χ1v) is 6.66. The Morgan fingerprint density at radius 1 is 1.52 bits per heavy atom. The second-order valence-corrected chi connectivity index (χ2v) is 6.00. The van der Waals surface area contributed by atoms with Crippen molar-refractivity contribution in [3.05, 3.63) is 11.8 Å². The Kier molecular flexibility index (Phi) is 3.73. The molecule has 1 aromatic rings. The number of ether oxygens (including phenoxy) is 1. The van der Waals surface area contributed by atoms with Crippen LogP contribution in [0.15, 0.2) is 6.20 Å². The summed E-state index contributed by atoms with van der Waals surface area (Å²) < 4.78 is 6.34. The summed E-state index contributed by atoms with van der Waals surface area (Å²) in [6.45, 7) is 6.01. The van der Waals surface area contributed by atoms with Crippen molar-refractivity contribution in [3.8, 4) is 6.07 Å². The lowest BCUT2D eigenvalue weighted by Crippen LogP contribution is -2.33. The highest BCUT2D eigenvalue weighted by Crippen LogP contribution is 2.31. The molecule has 1 aliphatic rings. The van der Waals surface area contributed by atoms with Gasteiger partial charge in [0.15, 0.2) is 5.82 Å². The Hall–Kier alpha value is -2.36. The van der Waals surface area contributed by atoms with Crippen LogP contribution in [0, 0.1) is 17.2 Å². The van der Waals surface area contributed by atoms with E-state index in [1.165, 1.54) is 18.2 Å². The predicted molar refractivity (Wildman–Crippen MR) is 74.4 cm³/mol. The fourth-order valence-corrected chi connectivity index (χ4v) is 2.41. The van der Waals surface area contributed by atoms with E-state index in [1.54, 1.807) is 4.68 Å². The molecule has 0 bridgehead atoms. The number of esters is 1. The summed E-state index contributed by atoms with van der Waals surface area (Å²) in [6.07, 6.45) is 1.53. The van der Waals surface area contributed by atoms with Gasteiger partial charge in [-0.1, -0.05) is 0 Å². The molecule has 0 radical (unpaired) electrons. The molecule has 1 unspecified atom stereocenters. The zero-order chi connectivity index (χ0) is 15.8. The SMILES string of the molecule is COC(=O)C1CC(=O)N(c2c(C#N)cnn2C(C)(C)C)C1. The van der Waals surface area contributed by atoms with Crippen molar-refractivity contribution in [3.63, 3.8) is 0 Å². The lowest BCUT2D eigenvalue weighted by Gasteiger charge is -2.26. The maximum atomic E-state index is 12.2. The second-order valence-electron chi connectivity index (χ2n) is 6.00. The van der Waals surface area contributed by atoms with E-state index in [9.17, 15) is 14.9 Å². The summed E-state index contributed by atoms with van der Waals surface area (Å²) in [7, 11) is 1.30. The van der Waals surface area contributed by atoms with Crippen molar-refractivity contribution >= 4 is 17.7 Å². The Bertz CT molecular complexity index is 621. The highest BCUT2D eigenvalue weighted by atomic mass is 16.5. The third-order valence-corrected chi connectivity index (χ3v) is 3.41. The van der Waals surface area contributed by atoms with Crippen molar-refractivity contribution in [1.29, 1.82) is 5.26 Å². The van der Waals surface area contributed by atoms with Gasteiger partial charge in [-0.2, -0.15) is 10.4 Å². The molecule has 0 aliphatic carbocycles. The normalized spacial score (nSPS) is 18.7. The minimum absolute atomic E-state index is 0.0901. The average molecular weight is 290 g/mol. The number of hydrogen-bond acceptors (Lipinski definition) is 5. The van der Waals surface area contributed by atoms with Gasteiger partial charge in [-0.15, -0.1) is 0 Å². The molecule has 1 fully saturated rings. The average Bonchev–Trinajstić information content (AvgIpc) is 2.99. The Balaban J connectivity index is 2.43. The molecule has 1 saturated heterocycles. The standard InChI is InChI=1S/C14H18N4O3/c1-14(2,3)18-12(10(6-15)7-16-18)17-8-9(5-11(17)19)13(20)21-4/h7,9H,5,8H2,1-4H3. The summed E-state index contributed by atoms with van der Waals surface area (Å²) in [6, 6.07) is 2.05. The molecule has 0 saturated carbocycles. The molecule has 2 rings (SSSR count). The van der Waals surface area contributed by atoms with Gasteiger partial charge >= 0.3 is 5.97 Å². The van der Waals surface area contributed by atoms with Crippen LogP contribution in [-0.4, -0.2) is 35.3 Å². The van der Waals surface area contributed by atoms with Crippen molar-refractivity contribution in [2.24, 2.45) is 5.92 Å². The van der Waals surface area contributed by atoms with Gasteiger partial charge in [-0.25, -0.2) is 4.68 Å². The van der Waals surface area contributed by atoms with Gasteiger partial charge < -0.3 is 4.74 Å². The lowest BCUT2D eigenvalue weighted by atomic mass is 10.1. The summed E-state index contributed by atoms with van der Waals surface area (Å²) in [5.41, 5.74) is -0.0579. The van der Waals surface area contributed by atoms with E-state index in [4.69, 9.17) is 4.74 Å². The highest BCUT2D eigenvalue weighted by molar-refractivity contribution is 5.99. The van der Waals surface area contributed by atoms with Crippen LogP contribution in [0.2, 0.25) is 0 Å². The quantitative estimate of drug-likeness (QED) is 0.759. The molecule has 0 aromatic carbocycles. The molecule has 2 heterocycles. The molecule has 1 amide bonds. The molecule has 112 valence electrons. The maximum Gasteiger partial charge on any atom is 0.311 e. The summed E-state index contributed by atoms with van der Waals surface area (Å²) in [5.74, 6) is -0.669. The number of methoxy groups -OCH3 is 1. The summed E-state index contributed by atoms with van der Waals surface area (Å²) in [5, 5.41) is 13.4. The molecule has 0 N–H and O–H groups in total. The molecule has 1 aliphatic heterocycles. The van der Waals surface area contributed by atoms with Crippen LogP contribution in [0.5, 0.6) is 0 Å². The third kappa shape index (κ3) is 2.61. The molecule has 1 aromatic heterocycles. The Morgan fingerprint density at radius 3 is 2.71 bits per heavy atom. The molecule has 21 heavy (non-hydrogen) atoms. The van der Waals surface area contributed by atoms with Crippen molar-refractivity contribution in [2.75, 3.05) is 18.6 Å². The number of amides is 1. The molecule has 0 spiro atoms. The van der Waals surface area contributed by atoms with E-state index in [2.05, 4.69) is 11.2 Å². The predicted octanol–water partition coefficient (Wildman–Crippen LogP) is 1.04. The smallest absolute Gasteiger partial charge is 0.311 e. The number of hydrogen-bond donors (Lipinski definition) is 0. The fraction of sp³-hybridized carbons (Fsp3) is 0.571. The van der Waals surface area contributed by atoms with E-state index in [0.717, 1.165) is 0 Å². The lowest BCUT2D eigenvalue weighted by molar-refractivity contribution is -0.145. The highest BCUT2D eigenvalue weighted by Gasteiger charge is 2.39. The number of carbonyl (C=O) groups excluding carboxylic acids is 2. The first kappa shape index (κ1) is 15.0. The maximum absolute atomic E-state index is 12.2. The van der Waals surface area contributed by atoms with Gasteiger partial charge in [0.2, 0.25) is 5.91 Å². The zero-order valence-corrected chi connectivity index (χ0v) is 12.6.